The van der Waals surface area contributed by atoms with E-state index in [0.29, 0.717) is 0 Å². The van der Waals surface area contributed by atoms with Crippen molar-refractivity contribution in [3.8, 4) is 0 Å². The topological polar surface area (TPSA) is 0 Å². The molecule has 0 aromatic rings. The molecule has 0 aromatic carbocycles. The zero-order valence-corrected chi connectivity index (χ0v) is 16.8. The maximum atomic E-state index is 2.61. The Kier molecular flexibility index (Phi) is 4.37. The van der Waals surface area contributed by atoms with E-state index in [2.05, 4.69) is 76.3 Å². The van der Waals surface area contributed by atoms with Crippen molar-refractivity contribution in [2.24, 2.45) is 10.8 Å². The molecule has 0 fully saturated rings. The summed E-state index contributed by atoms with van der Waals surface area (Å²) in [5.74, 6) is 0. The Morgan fingerprint density at radius 1 is 0.714 bits per heavy atom. The van der Waals surface area contributed by atoms with Gasteiger partial charge in [-0.1, -0.05) is 0 Å². The van der Waals surface area contributed by atoms with Crippen LogP contribution < -0.4 is 0 Å². The molecular weight excluding hydrogens is 288 g/mol. The maximum absolute atomic E-state index is 2.61. The number of allylic oxidation sites excluding steroid dienone is 8. The summed E-state index contributed by atoms with van der Waals surface area (Å²) < 4.78 is 3.62. The summed E-state index contributed by atoms with van der Waals surface area (Å²) in [6.45, 7) is 14.2. The van der Waals surface area contributed by atoms with Crippen LogP contribution in [0.1, 0.15) is 54.4 Å². The first-order valence-electron chi connectivity index (χ1n) is 8.27. The molecular formula is C20H32Ti. The Morgan fingerprint density at radius 2 is 1.05 bits per heavy atom. The minimum atomic E-state index is -2.14. The van der Waals surface area contributed by atoms with Gasteiger partial charge in [-0.15, -0.1) is 0 Å². The van der Waals surface area contributed by atoms with Gasteiger partial charge in [0, 0.05) is 0 Å². The van der Waals surface area contributed by atoms with Crippen LogP contribution in [0.4, 0.5) is 0 Å². The first-order chi connectivity index (χ1) is 9.45. The van der Waals surface area contributed by atoms with E-state index >= 15 is 0 Å². The van der Waals surface area contributed by atoms with Crippen molar-refractivity contribution in [1.29, 1.82) is 0 Å². The first kappa shape index (κ1) is 17.0. The monoisotopic (exact) mass is 320 g/mol. The van der Waals surface area contributed by atoms with Crippen LogP contribution in [0.25, 0.3) is 0 Å². The van der Waals surface area contributed by atoms with E-state index in [1.807, 2.05) is 7.76 Å². The average Bonchev–Trinajstić information content (AvgIpc) is 2.97. The van der Waals surface area contributed by atoms with Gasteiger partial charge < -0.3 is 0 Å². The second-order valence-corrected chi connectivity index (χ2v) is 16.1. The quantitative estimate of drug-likeness (QED) is 0.493. The van der Waals surface area contributed by atoms with Crippen LogP contribution in [0.3, 0.4) is 0 Å². The fraction of sp³-hybridized carbons (Fsp3) is 0.600. The zero-order chi connectivity index (χ0) is 16.1. The molecule has 2 aliphatic rings. The summed E-state index contributed by atoms with van der Waals surface area (Å²) in [6.07, 6.45) is 12.0. The number of rotatable bonds is 2. The molecule has 0 radical (unpaired) electrons. The molecule has 116 valence electrons. The van der Waals surface area contributed by atoms with Crippen LogP contribution in [0.2, 0.25) is 10.5 Å². The van der Waals surface area contributed by atoms with Crippen LogP contribution in [-0.2, 0) is 16.6 Å². The predicted octanol–water partition coefficient (Wildman–Crippen LogP) is 6.76. The van der Waals surface area contributed by atoms with Gasteiger partial charge in [0.05, 0.1) is 0 Å². The van der Waals surface area contributed by atoms with Crippen molar-refractivity contribution in [3.63, 3.8) is 0 Å². The van der Waals surface area contributed by atoms with Crippen molar-refractivity contribution in [1.82, 2.24) is 0 Å². The van der Waals surface area contributed by atoms with Gasteiger partial charge in [-0.05, 0) is 0 Å². The Bertz CT molecular complexity index is 502. The van der Waals surface area contributed by atoms with Crippen LogP contribution in [0, 0.1) is 10.8 Å². The average molecular weight is 320 g/mol. The van der Waals surface area contributed by atoms with Crippen LogP contribution in [-0.4, -0.2) is 0 Å². The SMILES string of the molecule is CC(C)(C)C1=[C]([Ti]([CH3])([CH3])[C]2=C(C(C)(C)C)C=CC2)CC=C1. The normalized spacial score (nSPS) is 20.2. The number of hydrogen-bond acceptors (Lipinski definition) is 0. The molecule has 0 nitrogen and oxygen atoms in total. The molecule has 1 heteroatoms. The molecule has 0 aromatic heterocycles. The summed E-state index contributed by atoms with van der Waals surface area (Å²) in [6, 6.07) is 0. The third-order valence-corrected chi connectivity index (χ3v) is 11.2. The third kappa shape index (κ3) is 3.22. The molecule has 2 rings (SSSR count). The Hall–Kier alpha value is -0.326. The molecule has 0 spiro atoms. The Morgan fingerprint density at radius 3 is 1.33 bits per heavy atom. The molecule has 0 saturated carbocycles. The second kappa shape index (κ2) is 5.39. The van der Waals surface area contributed by atoms with Gasteiger partial charge in [0.1, 0.15) is 0 Å². The van der Waals surface area contributed by atoms with Gasteiger partial charge in [0.2, 0.25) is 0 Å². The van der Waals surface area contributed by atoms with Crippen molar-refractivity contribution in [2.75, 3.05) is 0 Å². The fourth-order valence-corrected chi connectivity index (χ4v) is 9.85. The predicted molar refractivity (Wildman–Crippen MR) is 92.2 cm³/mol. The van der Waals surface area contributed by atoms with Crippen LogP contribution in [0.15, 0.2) is 43.2 Å². The summed E-state index contributed by atoms with van der Waals surface area (Å²) in [4.78, 5) is 0. The van der Waals surface area contributed by atoms with Gasteiger partial charge in [-0.2, -0.15) is 0 Å². The minimum absolute atomic E-state index is 0.277. The van der Waals surface area contributed by atoms with Crippen molar-refractivity contribution >= 4 is 0 Å². The molecule has 0 saturated heterocycles. The molecule has 2 aliphatic carbocycles. The second-order valence-electron chi connectivity index (χ2n) is 9.12. The van der Waals surface area contributed by atoms with Crippen molar-refractivity contribution < 1.29 is 16.6 Å². The van der Waals surface area contributed by atoms with E-state index in [9.17, 15) is 0 Å². The molecule has 0 heterocycles. The van der Waals surface area contributed by atoms with E-state index in [0.717, 1.165) is 0 Å². The van der Waals surface area contributed by atoms with Gasteiger partial charge in [-0.25, -0.2) is 0 Å². The first-order valence-corrected chi connectivity index (χ1v) is 13.0. The van der Waals surface area contributed by atoms with Crippen molar-refractivity contribution in [3.05, 3.63) is 43.2 Å². The molecule has 0 bridgehead atoms. The van der Waals surface area contributed by atoms with Gasteiger partial charge >= 0.3 is 135 Å². The zero-order valence-electron chi connectivity index (χ0n) is 15.2. The third-order valence-electron chi connectivity index (χ3n) is 4.99. The standard InChI is InChI=1S/2C9H13.2CH3.Ti/c2*1-9(2,3)8-6-4-5-7-8;;;/h2*4,6H,5H2,1-3H3;2*1H3;. The molecule has 0 atom stereocenters. The molecule has 0 N–H and O–H groups in total. The number of hydrogen-bond donors (Lipinski definition) is 0. The van der Waals surface area contributed by atoms with Crippen molar-refractivity contribution in [2.45, 2.75) is 64.8 Å². The summed E-state index contributed by atoms with van der Waals surface area (Å²) in [7, 11) is 0. The molecule has 21 heavy (non-hydrogen) atoms. The van der Waals surface area contributed by atoms with E-state index in [1.54, 1.807) is 11.1 Å². The van der Waals surface area contributed by atoms with Gasteiger partial charge in [0.15, 0.2) is 0 Å². The Labute approximate surface area is 135 Å². The van der Waals surface area contributed by atoms with Crippen LogP contribution in [0.5, 0.6) is 0 Å². The van der Waals surface area contributed by atoms with E-state index in [1.165, 1.54) is 12.8 Å². The van der Waals surface area contributed by atoms with E-state index in [4.69, 9.17) is 0 Å². The summed E-state index contributed by atoms with van der Waals surface area (Å²) in [5.41, 5.74) is 3.80. The molecule has 0 unspecified atom stereocenters. The van der Waals surface area contributed by atoms with E-state index in [-0.39, 0.29) is 10.8 Å². The fourth-order valence-electron chi connectivity index (χ4n) is 3.78. The van der Waals surface area contributed by atoms with E-state index < -0.39 is 16.6 Å². The summed E-state index contributed by atoms with van der Waals surface area (Å²) in [5, 5.41) is 5.23. The molecule has 0 amide bonds. The Balaban J connectivity index is 2.54. The van der Waals surface area contributed by atoms with Gasteiger partial charge in [-0.3, -0.25) is 0 Å². The summed E-state index contributed by atoms with van der Waals surface area (Å²) >= 11 is -2.14. The molecule has 0 aliphatic heterocycles. The van der Waals surface area contributed by atoms with Crippen LogP contribution >= 0.6 is 0 Å². The van der Waals surface area contributed by atoms with Gasteiger partial charge in [0.25, 0.3) is 0 Å².